The van der Waals surface area contributed by atoms with Crippen molar-refractivity contribution in [1.29, 1.82) is 0 Å². The fraction of sp³-hybridized carbons (Fsp3) is 0.300. The van der Waals surface area contributed by atoms with Gasteiger partial charge in [-0.3, -0.25) is 9.36 Å². The van der Waals surface area contributed by atoms with E-state index < -0.39 is 6.04 Å². The van der Waals surface area contributed by atoms with Crippen LogP contribution in [0.5, 0.6) is 5.75 Å². The van der Waals surface area contributed by atoms with Crippen molar-refractivity contribution in [2.75, 3.05) is 19.0 Å². The van der Waals surface area contributed by atoms with E-state index in [4.69, 9.17) is 9.72 Å². The maximum Gasteiger partial charge on any atom is 0.322 e. The first kappa shape index (κ1) is 25.9. The highest BCUT2D eigenvalue weighted by molar-refractivity contribution is 5.89. The van der Waals surface area contributed by atoms with Crippen molar-refractivity contribution in [1.82, 2.24) is 14.5 Å². The van der Waals surface area contributed by atoms with Crippen molar-refractivity contribution in [2.24, 2.45) is 0 Å². The van der Waals surface area contributed by atoms with E-state index in [1.165, 1.54) is 0 Å². The zero-order valence-electron chi connectivity index (χ0n) is 21.9. The molecule has 0 aliphatic heterocycles. The first-order chi connectivity index (χ1) is 18.0. The quantitative estimate of drug-likeness (QED) is 0.286. The fourth-order valence-electron chi connectivity index (χ4n) is 4.52. The summed E-state index contributed by atoms with van der Waals surface area (Å²) in [6.45, 7) is 6.64. The van der Waals surface area contributed by atoms with Crippen LogP contribution in [0.1, 0.15) is 50.5 Å². The van der Waals surface area contributed by atoms with E-state index in [0.29, 0.717) is 41.1 Å². The monoisotopic (exact) mass is 498 g/mol. The molecule has 0 bridgehead atoms. The zero-order chi connectivity index (χ0) is 26.4. The van der Waals surface area contributed by atoms with Crippen LogP contribution >= 0.6 is 0 Å². The first-order valence-corrected chi connectivity index (χ1v) is 12.8. The van der Waals surface area contributed by atoms with E-state index >= 15 is 0 Å². The van der Waals surface area contributed by atoms with Gasteiger partial charge >= 0.3 is 6.03 Å². The van der Waals surface area contributed by atoms with Crippen molar-refractivity contribution in [3.05, 3.63) is 94.5 Å². The summed E-state index contributed by atoms with van der Waals surface area (Å²) in [5.74, 6) is 1.06. The standard InChI is InChI=1S/C30H34N4O3/c1-5-7-20-33(30(36)31-22-18-16-21(3)17-19-22)25(6-2)28-32-24-13-9-8-12-23(24)29(35)34(28)26-14-10-11-15-27(26)37-4/h8-19,25H,5-7,20H2,1-4H3,(H,31,36). The number of nitrogens with zero attached hydrogens (tertiary/aromatic N) is 3. The molecule has 0 aliphatic rings. The van der Waals surface area contributed by atoms with Crippen LogP contribution < -0.4 is 15.6 Å². The van der Waals surface area contributed by atoms with Crippen molar-refractivity contribution < 1.29 is 9.53 Å². The molecule has 1 N–H and O–H groups in total. The molecule has 0 fully saturated rings. The number of nitrogens with one attached hydrogen (secondary N) is 1. The van der Waals surface area contributed by atoms with Gasteiger partial charge in [0.25, 0.3) is 5.56 Å². The highest BCUT2D eigenvalue weighted by Crippen LogP contribution is 2.30. The van der Waals surface area contributed by atoms with Gasteiger partial charge in [0.15, 0.2) is 0 Å². The molecule has 7 nitrogen and oxygen atoms in total. The number of carbonyl (C=O) groups excluding carboxylic acids is 1. The molecule has 4 aromatic rings. The van der Waals surface area contributed by atoms with Crippen LogP contribution in [0.25, 0.3) is 16.6 Å². The van der Waals surface area contributed by atoms with Gasteiger partial charge in [-0.15, -0.1) is 0 Å². The van der Waals surface area contributed by atoms with Gasteiger partial charge in [0.05, 0.1) is 29.7 Å². The maximum atomic E-state index is 13.9. The lowest BCUT2D eigenvalue weighted by Crippen LogP contribution is -2.41. The van der Waals surface area contributed by atoms with E-state index in [9.17, 15) is 9.59 Å². The SMILES string of the molecule is CCCCN(C(=O)Nc1ccc(C)cc1)C(CC)c1nc2ccccc2c(=O)n1-c1ccccc1OC. The lowest BCUT2D eigenvalue weighted by Gasteiger charge is -2.32. The summed E-state index contributed by atoms with van der Waals surface area (Å²) in [4.78, 5) is 34.4. The highest BCUT2D eigenvalue weighted by atomic mass is 16.5. The summed E-state index contributed by atoms with van der Waals surface area (Å²) in [7, 11) is 1.58. The molecular weight excluding hydrogens is 464 g/mol. The number of methoxy groups -OCH3 is 1. The number of para-hydroxylation sites is 3. The Kier molecular flexibility index (Phi) is 8.23. The summed E-state index contributed by atoms with van der Waals surface area (Å²) in [6.07, 6.45) is 2.32. The van der Waals surface area contributed by atoms with Gasteiger partial charge in [0.2, 0.25) is 0 Å². The third-order valence-electron chi connectivity index (χ3n) is 6.50. The van der Waals surface area contributed by atoms with Gasteiger partial charge in [-0.25, -0.2) is 9.78 Å². The molecular formula is C30H34N4O3. The predicted molar refractivity (Wildman–Crippen MR) is 149 cm³/mol. The van der Waals surface area contributed by atoms with Gasteiger partial charge in [-0.2, -0.15) is 0 Å². The molecule has 37 heavy (non-hydrogen) atoms. The number of benzene rings is 3. The van der Waals surface area contributed by atoms with Crippen LogP contribution in [0.2, 0.25) is 0 Å². The van der Waals surface area contributed by atoms with Crippen LogP contribution in [-0.2, 0) is 0 Å². The van der Waals surface area contributed by atoms with Crippen LogP contribution in [0.4, 0.5) is 10.5 Å². The van der Waals surface area contributed by atoms with Crippen molar-refractivity contribution >= 4 is 22.6 Å². The van der Waals surface area contributed by atoms with E-state index in [0.717, 1.165) is 24.1 Å². The second kappa shape index (κ2) is 11.7. The van der Waals surface area contributed by atoms with E-state index in [-0.39, 0.29) is 11.6 Å². The minimum atomic E-state index is -0.445. The number of amides is 2. The van der Waals surface area contributed by atoms with Crippen molar-refractivity contribution in [3.8, 4) is 11.4 Å². The third-order valence-corrected chi connectivity index (χ3v) is 6.50. The Balaban J connectivity index is 1.89. The first-order valence-electron chi connectivity index (χ1n) is 12.8. The molecule has 1 heterocycles. The minimum Gasteiger partial charge on any atom is -0.495 e. The molecule has 3 aromatic carbocycles. The average Bonchev–Trinajstić information content (AvgIpc) is 2.92. The number of ether oxygens (including phenoxy) is 1. The lowest BCUT2D eigenvalue weighted by atomic mass is 10.1. The van der Waals surface area contributed by atoms with Crippen LogP contribution in [0.3, 0.4) is 0 Å². The van der Waals surface area contributed by atoms with Gasteiger partial charge in [0.1, 0.15) is 11.6 Å². The molecule has 0 saturated carbocycles. The lowest BCUT2D eigenvalue weighted by molar-refractivity contribution is 0.180. The maximum absolute atomic E-state index is 13.9. The van der Waals surface area contributed by atoms with Gasteiger partial charge in [0, 0.05) is 12.2 Å². The minimum absolute atomic E-state index is 0.196. The molecule has 1 aromatic heterocycles. The zero-order valence-corrected chi connectivity index (χ0v) is 21.9. The molecule has 4 rings (SSSR count). The molecule has 0 aliphatic carbocycles. The second-order valence-electron chi connectivity index (χ2n) is 9.07. The molecule has 1 atom stereocenters. The molecule has 1 unspecified atom stereocenters. The summed E-state index contributed by atoms with van der Waals surface area (Å²) in [6, 6.07) is 21.8. The fourth-order valence-corrected chi connectivity index (χ4v) is 4.52. The second-order valence-corrected chi connectivity index (χ2v) is 9.07. The number of aryl methyl sites for hydroxylation is 1. The van der Waals surface area contributed by atoms with Gasteiger partial charge in [-0.05, 0) is 56.2 Å². The Morgan fingerprint density at radius 3 is 2.43 bits per heavy atom. The Bertz CT molecular complexity index is 1430. The summed E-state index contributed by atoms with van der Waals surface area (Å²) in [5, 5.41) is 3.55. The average molecular weight is 499 g/mol. The molecule has 7 heteroatoms. The largest absolute Gasteiger partial charge is 0.495 e. The normalized spacial score (nSPS) is 11.8. The number of unbranched alkanes of at least 4 members (excludes halogenated alkanes) is 1. The number of fused-ring (bicyclic) bond motifs is 1. The Hall–Kier alpha value is -4.13. The van der Waals surface area contributed by atoms with Crippen molar-refractivity contribution in [3.63, 3.8) is 0 Å². The number of hydrogen-bond donors (Lipinski definition) is 1. The summed E-state index contributed by atoms with van der Waals surface area (Å²) >= 11 is 0. The number of urea groups is 1. The highest BCUT2D eigenvalue weighted by Gasteiger charge is 2.29. The van der Waals surface area contributed by atoms with E-state index in [1.54, 1.807) is 22.6 Å². The van der Waals surface area contributed by atoms with Gasteiger partial charge in [-0.1, -0.05) is 62.2 Å². The predicted octanol–water partition coefficient (Wildman–Crippen LogP) is 6.49. The van der Waals surface area contributed by atoms with E-state index in [2.05, 4.69) is 12.2 Å². The number of carbonyl (C=O) groups is 1. The summed E-state index contributed by atoms with van der Waals surface area (Å²) in [5.41, 5.74) is 2.84. The van der Waals surface area contributed by atoms with Crippen molar-refractivity contribution in [2.45, 2.75) is 46.1 Å². The molecule has 0 radical (unpaired) electrons. The molecule has 2 amide bonds. The van der Waals surface area contributed by atoms with Crippen LogP contribution in [0.15, 0.2) is 77.6 Å². The summed E-state index contributed by atoms with van der Waals surface area (Å²) < 4.78 is 7.22. The number of rotatable bonds is 9. The number of hydrogen-bond acceptors (Lipinski definition) is 4. The van der Waals surface area contributed by atoms with Crippen LogP contribution in [0, 0.1) is 6.92 Å². The molecule has 192 valence electrons. The van der Waals surface area contributed by atoms with Crippen LogP contribution in [-0.4, -0.2) is 34.1 Å². The third kappa shape index (κ3) is 5.50. The smallest absolute Gasteiger partial charge is 0.322 e. The Morgan fingerprint density at radius 1 is 1.03 bits per heavy atom. The Labute approximate surface area is 217 Å². The van der Waals surface area contributed by atoms with Gasteiger partial charge < -0.3 is 15.0 Å². The number of anilines is 1. The molecule has 0 saturated heterocycles. The van der Waals surface area contributed by atoms with E-state index in [1.807, 2.05) is 80.6 Å². The topological polar surface area (TPSA) is 76.5 Å². The Morgan fingerprint density at radius 2 is 1.73 bits per heavy atom. The molecule has 0 spiro atoms. The number of aromatic nitrogens is 2.